The van der Waals surface area contributed by atoms with Crippen LogP contribution in [0.1, 0.15) is 23.7 Å². The van der Waals surface area contributed by atoms with Gasteiger partial charge in [-0.2, -0.15) is 0 Å². The van der Waals surface area contributed by atoms with Gasteiger partial charge in [-0.15, -0.1) is 0 Å². The number of anilines is 1. The van der Waals surface area contributed by atoms with Gasteiger partial charge in [0.1, 0.15) is 0 Å². The molecule has 1 atom stereocenters. The minimum Gasteiger partial charge on any atom is -0.493 e. The van der Waals surface area contributed by atoms with E-state index in [1.54, 1.807) is 18.2 Å². The van der Waals surface area contributed by atoms with Crippen molar-refractivity contribution in [3.63, 3.8) is 0 Å². The SMILES string of the molecule is COc1ccc(NC(=O)C(C)OC(=O)c2cc(Cl)c3c(c2)OCCCO3)cc1OC. The van der Waals surface area contributed by atoms with E-state index < -0.39 is 18.0 Å². The van der Waals surface area contributed by atoms with Gasteiger partial charge >= 0.3 is 5.97 Å². The van der Waals surface area contributed by atoms with Gasteiger partial charge in [0, 0.05) is 18.2 Å². The summed E-state index contributed by atoms with van der Waals surface area (Å²) >= 11 is 6.21. The zero-order valence-electron chi connectivity index (χ0n) is 16.8. The van der Waals surface area contributed by atoms with Crippen LogP contribution in [0, 0.1) is 0 Å². The number of esters is 1. The first-order chi connectivity index (χ1) is 14.4. The maximum absolute atomic E-state index is 12.5. The van der Waals surface area contributed by atoms with Gasteiger partial charge in [0.2, 0.25) is 0 Å². The highest BCUT2D eigenvalue weighted by Crippen LogP contribution is 2.38. The number of fused-ring (bicyclic) bond motifs is 1. The van der Waals surface area contributed by atoms with E-state index in [0.717, 1.165) is 0 Å². The fourth-order valence-corrected chi connectivity index (χ4v) is 3.05. The van der Waals surface area contributed by atoms with E-state index in [1.165, 1.54) is 33.3 Å². The van der Waals surface area contributed by atoms with E-state index in [4.69, 9.17) is 35.3 Å². The summed E-state index contributed by atoms with van der Waals surface area (Å²) in [6.45, 7) is 2.40. The molecule has 2 aromatic rings. The van der Waals surface area contributed by atoms with Crippen LogP contribution in [-0.4, -0.2) is 45.4 Å². The summed E-state index contributed by atoms with van der Waals surface area (Å²) in [7, 11) is 3.01. The number of nitrogens with one attached hydrogen (secondary N) is 1. The number of halogens is 1. The third kappa shape index (κ3) is 4.88. The third-order valence-corrected chi connectivity index (χ3v) is 4.62. The Morgan fingerprint density at radius 1 is 1.07 bits per heavy atom. The summed E-state index contributed by atoms with van der Waals surface area (Å²) < 4.78 is 26.8. The zero-order valence-corrected chi connectivity index (χ0v) is 17.6. The Bertz CT molecular complexity index is 947. The number of hydrogen-bond acceptors (Lipinski definition) is 7. The molecule has 1 N–H and O–H groups in total. The summed E-state index contributed by atoms with van der Waals surface area (Å²) in [6.07, 6.45) is -0.349. The number of carbonyl (C=O) groups is 2. The van der Waals surface area contributed by atoms with Gasteiger partial charge < -0.3 is 29.0 Å². The Kier molecular flexibility index (Phi) is 6.89. The topological polar surface area (TPSA) is 92.3 Å². The first kappa shape index (κ1) is 21.6. The summed E-state index contributed by atoms with van der Waals surface area (Å²) in [5.74, 6) is 0.543. The van der Waals surface area contributed by atoms with Crippen LogP contribution in [0.15, 0.2) is 30.3 Å². The van der Waals surface area contributed by atoms with Gasteiger partial charge in [-0.3, -0.25) is 4.79 Å². The van der Waals surface area contributed by atoms with Gasteiger partial charge in [-0.1, -0.05) is 11.6 Å². The summed E-state index contributed by atoms with van der Waals surface area (Å²) in [5.41, 5.74) is 0.634. The molecule has 0 aromatic heterocycles. The molecule has 0 spiro atoms. The molecule has 1 amide bonds. The molecule has 0 aliphatic carbocycles. The fraction of sp³-hybridized carbons (Fsp3) is 0.333. The Balaban J connectivity index is 1.67. The minimum atomic E-state index is -1.06. The lowest BCUT2D eigenvalue weighted by Gasteiger charge is -2.16. The monoisotopic (exact) mass is 435 g/mol. The fourth-order valence-electron chi connectivity index (χ4n) is 2.79. The van der Waals surface area contributed by atoms with Crippen molar-refractivity contribution < 1.29 is 33.3 Å². The molecule has 0 bridgehead atoms. The van der Waals surface area contributed by atoms with Crippen LogP contribution in [0.25, 0.3) is 0 Å². The lowest BCUT2D eigenvalue weighted by atomic mass is 10.2. The number of ether oxygens (including phenoxy) is 5. The molecule has 160 valence electrons. The lowest BCUT2D eigenvalue weighted by Crippen LogP contribution is -2.30. The molecule has 9 heteroatoms. The van der Waals surface area contributed by atoms with E-state index in [1.807, 2.05) is 0 Å². The molecule has 2 aromatic carbocycles. The summed E-state index contributed by atoms with van der Waals surface area (Å²) in [6, 6.07) is 7.83. The first-order valence-corrected chi connectivity index (χ1v) is 9.63. The number of hydrogen-bond donors (Lipinski definition) is 1. The molecule has 1 heterocycles. The second-order valence-corrected chi connectivity index (χ2v) is 6.85. The van der Waals surface area contributed by atoms with Crippen molar-refractivity contribution >= 4 is 29.2 Å². The van der Waals surface area contributed by atoms with Crippen molar-refractivity contribution in [2.45, 2.75) is 19.4 Å². The maximum atomic E-state index is 12.5. The number of carbonyl (C=O) groups excluding carboxylic acids is 2. The van der Waals surface area contributed by atoms with Crippen LogP contribution in [0.2, 0.25) is 5.02 Å². The highest BCUT2D eigenvalue weighted by molar-refractivity contribution is 6.32. The average molecular weight is 436 g/mol. The molecule has 8 nitrogen and oxygen atoms in total. The average Bonchev–Trinajstić information content (AvgIpc) is 2.99. The van der Waals surface area contributed by atoms with E-state index in [9.17, 15) is 9.59 Å². The summed E-state index contributed by atoms with van der Waals surface area (Å²) in [5, 5.41) is 2.91. The molecular formula is C21H22ClNO7. The van der Waals surface area contributed by atoms with Crippen molar-refractivity contribution in [2.24, 2.45) is 0 Å². The molecule has 0 saturated carbocycles. The molecular weight excluding hydrogens is 414 g/mol. The Morgan fingerprint density at radius 2 is 1.80 bits per heavy atom. The third-order valence-electron chi connectivity index (χ3n) is 4.34. The molecule has 1 aliphatic rings. The smallest absolute Gasteiger partial charge is 0.339 e. The van der Waals surface area contributed by atoms with E-state index in [0.29, 0.717) is 48.3 Å². The normalized spacial score (nSPS) is 13.6. The molecule has 0 fully saturated rings. The predicted octanol–water partition coefficient (Wildman–Crippen LogP) is 3.70. The second kappa shape index (κ2) is 9.58. The van der Waals surface area contributed by atoms with E-state index in [2.05, 4.69) is 5.32 Å². The predicted molar refractivity (Wildman–Crippen MR) is 110 cm³/mol. The van der Waals surface area contributed by atoms with Gasteiger partial charge in [0.05, 0.1) is 38.0 Å². The van der Waals surface area contributed by atoms with E-state index in [-0.39, 0.29) is 10.6 Å². The molecule has 30 heavy (non-hydrogen) atoms. The highest BCUT2D eigenvalue weighted by Gasteiger charge is 2.23. The van der Waals surface area contributed by atoms with Crippen LogP contribution in [-0.2, 0) is 9.53 Å². The molecule has 1 unspecified atom stereocenters. The zero-order chi connectivity index (χ0) is 21.7. The molecule has 3 rings (SSSR count). The lowest BCUT2D eigenvalue weighted by molar-refractivity contribution is -0.123. The van der Waals surface area contributed by atoms with Crippen molar-refractivity contribution in [1.29, 1.82) is 0 Å². The van der Waals surface area contributed by atoms with Crippen LogP contribution in [0.5, 0.6) is 23.0 Å². The van der Waals surface area contributed by atoms with Crippen LogP contribution < -0.4 is 24.3 Å². The van der Waals surface area contributed by atoms with Crippen LogP contribution in [0.4, 0.5) is 5.69 Å². The number of amides is 1. The maximum Gasteiger partial charge on any atom is 0.339 e. The largest absolute Gasteiger partial charge is 0.493 e. The Labute approximate surface area is 179 Å². The minimum absolute atomic E-state index is 0.162. The van der Waals surface area contributed by atoms with Crippen molar-refractivity contribution in [3.05, 3.63) is 40.9 Å². The van der Waals surface area contributed by atoms with Crippen molar-refractivity contribution in [3.8, 4) is 23.0 Å². The standard InChI is InChI=1S/C21H22ClNO7/c1-12(20(24)23-14-5-6-16(26-2)17(11-14)27-3)30-21(25)13-9-15(22)19-18(10-13)28-7-4-8-29-19/h5-6,9-12H,4,7-8H2,1-3H3,(H,23,24). The molecule has 1 aliphatic heterocycles. The van der Waals surface area contributed by atoms with Crippen LogP contribution in [0.3, 0.4) is 0 Å². The van der Waals surface area contributed by atoms with Crippen LogP contribution >= 0.6 is 11.6 Å². The Morgan fingerprint density at radius 3 is 2.53 bits per heavy atom. The summed E-state index contributed by atoms with van der Waals surface area (Å²) in [4.78, 5) is 25.0. The van der Waals surface area contributed by atoms with Crippen molar-refractivity contribution in [1.82, 2.24) is 0 Å². The van der Waals surface area contributed by atoms with Gasteiger partial charge in [-0.05, 0) is 31.2 Å². The number of benzene rings is 2. The quantitative estimate of drug-likeness (QED) is 0.691. The number of rotatable bonds is 6. The first-order valence-electron chi connectivity index (χ1n) is 9.26. The highest BCUT2D eigenvalue weighted by atomic mass is 35.5. The second-order valence-electron chi connectivity index (χ2n) is 6.44. The molecule has 0 saturated heterocycles. The van der Waals surface area contributed by atoms with Gasteiger partial charge in [0.25, 0.3) is 5.91 Å². The Hall–Kier alpha value is -3.13. The molecule has 0 radical (unpaired) electrons. The van der Waals surface area contributed by atoms with Gasteiger partial charge in [0.15, 0.2) is 29.1 Å². The number of methoxy groups -OCH3 is 2. The van der Waals surface area contributed by atoms with Gasteiger partial charge in [-0.25, -0.2) is 4.79 Å². The van der Waals surface area contributed by atoms with Crippen molar-refractivity contribution in [2.75, 3.05) is 32.8 Å². The van der Waals surface area contributed by atoms with E-state index >= 15 is 0 Å².